The van der Waals surface area contributed by atoms with E-state index in [1.165, 1.54) is 4.68 Å². The highest BCUT2D eigenvalue weighted by Crippen LogP contribution is 2.30. The minimum atomic E-state index is -0.171. The fourth-order valence-electron chi connectivity index (χ4n) is 3.92. The fraction of sp³-hybridized carbons (Fsp3) is 0.435. The van der Waals surface area contributed by atoms with Crippen LogP contribution in [-0.2, 0) is 12.0 Å². The van der Waals surface area contributed by atoms with Crippen molar-refractivity contribution >= 4 is 16.9 Å². The van der Waals surface area contributed by atoms with Crippen LogP contribution in [0.15, 0.2) is 45.6 Å². The molecule has 1 aliphatic heterocycles. The van der Waals surface area contributed by atoms with Crippen molar-refractivity contribution in [1.29, 1.82) is 0 Å². The molecule has 0 saturated carbocycles. The van der Waals surface area contributed by atoms with Crippen LogP contribution in [0.2, 0.25) is 0 Å². The molecular weight excluding hydrogens is 382 g/mol. The Labute approximate surface area is 175 Å². The van der Waals surface area contributed by atoms with Crippen molar-refractivity contribution in [2.45, 2.75) is 51.6 Å². The second-order valence-electron chi connectivity index (χ2n) is 8.77. The number of methoxy groups -OCH3 is 1. The molecule has 1 saturated heterocycles. The van der Waals surface area contributed by atoms with E-state index in [-0.39, 0.29) is 28.7 Å². The van der Waals surface area contributed by atoms with Crippen molar-refractivity contribution in [3.05, 3.63) is 58.2 Å². The molecule has 3 heterocycles. The van der Waals surface area contributed by atoms with E-state index in [0.717, 1.165) is 23.9 Å². The van der Waals surface area contributed by atoms with Crippen LogP contribution < -0.4 is 10.3 Å². The molecular formula is C23H27N3O4. The highest BCUT2D eigenvalue weighted by molar-refractivity contribution is 5.97. The van der Waals surface area contributed by atoms with Gasteiger partial charge in [0.15, 0.2) is 17.1 Å². The summed E-state index contributed by atoms with van der Waals surface area (Å²) in [6.45, 7) is 7.19. The van der Waals surface area contributed by atoms with E-state index in [4.69, 9.17) is 9.15 Å². The summed E-state index contributed by atoms with van der Waals surface area (Å²) in [6, 6.07) is 10.5. The number of benzene rings is 1. The van der Waals surface area contributed by atoms with Crippen molar-refractivity contribution < 1.29 is 13.9 Å². The van der Waals surface area contributed by atoms with Crippen molar-refractivity contribution in [1.82, 2.24) is 14.7 Å². The highest BCUT2D eigenvalue weighted by Gasteiger charge is 2.32. The second kappa shape index (κ2) is 7.63. The Balaban J connectivity index is 1.60. The van der Waals surface area contributed by atoms with Crippen LogP contribution >= 0.6 is 0 Å². The minimum Gasteiger partial charge on any atom is -0.493 e. The zero-order valence-electron chi connectivity index (χ0n) is 17.8. The fourth-order valence-corrected chi connectivity index (χ4v) is 3.92. The molecule has 1 fully saturated rings. The summed E-state index contributed by atoms with van der Waals surface area (Å²) >= 11 is 0. The van der Waals surface area contributed by atoms with Crippen LogP contribution in [0.25, 0.3) is 11.0 Å². The summed E-state index contributed by atoms with van der Waals surface area (Å²) in [7, 11) is 1.58. The number of carbonyl (C=O) groups is 1. The van der Waals surface area contributed by atoms with Crippen LogP contribution in [0.1, 0.15) is 49.9 Å². The van der Waals surface area contributed by atoms with Crippen LogP contribution in [-0.4, -0.2) is 40.3 Å². The van der Waals surface area contributed by atoms with Gasteiger partial charge in [-0.15, -0.1) is 0 Å². The lowest BCUT2D eigenvalue weighted by Gasteiger charge is -2.25. The van der Waals surface area contributed by atoms with Gasteiger partial charge in [-0.3, -0.25) is 9.59 Å². The van der Waals surface area contributed by atoms with E-state index in [0.29, 0.717) is 24.4 Å². The number of hydrogen-bond acceptors (Lipinski definition) is 5. The van der Waals surface area contributed by atoms with Gasteiger partial charge in [0.1, 0.15) is 0 Å². The lowest BCUT2D eigenvalue weighted by Crippen LogP contribution is -2.41. The molecule has 2 aromatic heterocycles. The van der Waals surface area contributed by atoms with E-state index in [2.05, 4.69) is 25.9 Å². The number of likely N-dealkylation sites (tertiary alicyclic amines) is 1. The molecule has 7 heteroatoms. The summed E-state index contributed by atoms with van der Waals surface area (Å²) in [5.74, 6) is 0.709. The molecule has 0 radical (unpaired) electrons. The van der Waals surface area contributed by atoms with E-state index in [9.17, 15) is 9.59 Å². The Morgan fingerprint density at radius 2 is 2.07 bits per heavy atom. The predicted octanol–water partition coefficient (Wildman–Crippen LogP) is 3.60. The van der Waals surface area contributed by atoms with Gasteiger partial charge in [-0.05, 0) is 31.0 Å². The van der Waals surface area contributed by atoms with Gasteiger partial charge in [-0.2, -0.15) is 5.10 Å². The van der Waals surface area contributed by atoms with Crippen LogP contribution in [0, 0.1) is 0 Å². The smallest absolute Gasteiger partial charge is 0.289 e. The molecule has 1 unspecified atom stereocenters. The van der Waals surface area contributed by atoms with Gasteiger partial charge in [-0.1, -0.05) is 32.9 Å². The van der Waals surface area contributed by atoms with Gasteiger partial charge in [-0.25, -0.2) is 4.68 Å². The largest absolute Gasteiger partial charge is 0.493 e. The first-order chi connectivity index (χ1) is 14.3. The van der Waals surface area contributed by atoms with E-state index >= 15 is 0 Å². The van der Waals surface area contributed by atoms with Crippen molar-refractivity contribution in [3.63, 3.8) is 0 Å². The Hall–Kier alpha value is -3.09. The molecule has 1 amide bonds. The molecule has 30 heavy (non-hydrogen) atoms. The predicted molar refractivity (Wildman–Crippen MR) is 114 cm³/mol. The number of hydrogen-bond donors (Lipinski definition) is 0. The maximum atomic E-state index is 13.2. The zero-order chi connectivity index (χ0) is 21.5. The molecule has 4 rings (SSSR count). The molecule has 0 spiro atoms. The van der Waals surface area contributed by atoms with Gasteiger partial charge in [0.2, 0.25) is 0 Å². The Morgan fingerprint density at radius 1 is 1.27 bits per heavy atom. The number of carbonyl (C=O) groups excluding carboxylic acids is 1. The van der Waals surface area contributed by atoms with Gasteiger partial charge < -0.3 is 14.1 Å². The quantitative estimate of drug-likeness (QED) is 0.658. The average molecular weight is 409 g/mol. The Bertz CT molecular complexity index is 1140. The summed E-state index contributed by atoms with van der Waals surface area (Å²) in [5.41, 5.74) is 1.10. The number of amides is 1. The first kappa shape index (κ1) is 20.2. The number of rotatable bonds is 4. The summed E-state index contributed by atoms with van der Waals surface area (Å²) < 4.78 is 12.7. The molecule has 1 aromatic carbocycles. The van der Waals surface area contributed by atoms with Crippen molar-refractivity contribution in [3.8, 4) is 5.75 Å². The Kier molecular flexibility index (Phi) is 5.13. The van der Waals surface area contributed by atoms with Gasteiger partial charge in [0.05, 0.1) is 25.4 Å². The molecule has 0 N–H and O–H groups in total. The third-order valence-electron chi connectivity index (χ3n) is 5.60. The van der Waals surface area contributed by atoms with Crippen LogP contribution in [0.5, 0.6) is 5.75 Å². The maximum absolute atomic E-state index is 13.2. The first-order valence-electron chi connectivity index (χ1n) is 10.2. The van der Waals surface area contributed by atoms with Gasteiger partial charge in [0, 0.05) is 23.4 Å². The van der Waals surface area contributed by atoms with E-state index in [1.54, 1.807) is 36.3 Å². The second-order valence-corrected chi connectivity index (χ2v) is 8.77. The Morgan fingerprint density at radius 3 is 2.80 bits per heavy atom. The number of fused-ring (bicyclic) bond motifs is 1. The van der Waals surface area contributed by atoms with Crippen LogP contribution in [0.4, 0.5) is 0 Å². The normalized spacial score (nSPS) is 16.9. The summed E-state index contributed by atoms with van der Waals surface area (Å²) in [5, 5.41) is 5.38. The molecule has 3 aromatic rings. The van der Waals surface area contributed by atoms with Gasteiger partial charge >= 0.3 is 0 Å². The average Bonchev–Trinajstić information content (AvgIpc) is 3.34. The minimum absolute atomic E-state index is 0.104. The lowest BCUT2D eigenvalue weighted by molar-refractivity contribution is 0.0690. The molecule has 158 valence electrons. The maximum Gasteiger partial charge on any atom is 0.289 e. The SMILES string of the molecule is COc1cccc2cc(C(=O)N3CCCC3Cn3nc(C(C)(C)C)ccc3=O)oc12. The third kappa shape index (κ3) is 3.72. The summed E-state index contributed by atoms with van der Waals surface area (Å²) in [6.07, 6.45) is 1.71. The zero-order valence-corrected chi connectivity index (χ0v) is 17.8. The van der Waals surface area contributed by atoms with E-state index < -0.39 is 0 Å². The number of ether oxygens (including phenoxy) is 1. The molecule has 1 aliphatic rings. The van der Waals surface area contributed by atoms with Gasteiger partial charge in [0.25, 0.3) is 11.5 Å². The number of para-hydroxylation sites is 1. The van der Waals surface area contributed by atoms with Crippen LogP contribution in [0.3, 0.4) is 0 Å². The highest BCUT2D eigenvalue weighted by atomic mass is 16.5. The molecule has 1 atom stereocenters. The number of aromatic nitrogens is 2. The molecule has 7 nitrogen and oxygen atoms in total. The van der Waals surface area contributed by atoms with Crippen molar-refractivity contribution in [2.24, 2.45) is 0 Å². The first-order valence-corrected chi connectivity index (χ1v) is 10.2. The number of nitrogens with zero attached hydrogens (tertiary/aromatic N) is 3. The molecule has 0 bridgehead atoms. The third-order valence-corrected chi connectivity index (χ3v) is 5.60. The summed E-state index contributed by atoms with van der Waals surface area (Å²) in [4.78, 5) is 27.4. The number of furan rings is 1. The van der Waals surface area contributed by atoms with E-state index in [1.807, 2.05) is 12.1 Å². The molecule has 0 aliphatic carbocycles. The standard InChI is InChI=1S/C23H27N3O4/c1-23(2,3)19-10-11-20(27)26(24-19)14-16-8-6-12-25(16)22(28)18-13-15-7-5-9-17(29-4)21(15)30-18/h5,7,9-11,13,16H,6,8,12,14H2,1-4H3. The topological polar surface area (TPSA) is 77.6 Å². The van der Waals surface area contributed by atoms with Crippen molar-refractivity contribution in [2.75, 3.05) is 13.7 Å². The lowest BCUT2D eigenvalue weighted by atomic mass is 9.92. The monoisotopic (exact) mass is 409 g/mol.